The van der Waals surface area contributed by atoms with E-state index in [0.29, 0.717) is 12.0 Å². The fraction of sp³-hybridized carbons (Fsp3) is 0.583. The molecule has 0 fully saturated rings. The van der Waals surface area contributed by atoms with Crippen LogP contribution in [0.25, 0.3) is 0 Å². The van der Waals surface area contributed by atoms with E-state index in [2.05, 4.69) is 15.4 Å². The maximum Gasteiger partial charge on any atom is 0.408 e. The molecular weight excluding hydrogens is 426 g/mol. The monoisotopic (exact) mass is 463 g/mol. The summed E-state index contributed by atoms with van der Waals surface area (Å²) in [7, 11) is 1.23. The quantitative estimate of drug-likeness (QED) is 0.516. The summed E-state index contributed by atoms with van der Waals surface area (Å²) in [5, 5.41) is 5.01. The number of esters is 1. The lowest BCUT2D eigenvalue weighted by atomic mass is 9.99. The Balaban J connectivity index is 3.24. The predicted molar refractivity (Wildman–Crippen MR) is 124 cm³/mol. The first kappa shape index (κ1) is 27.9. The molecule has 0 radical (unpaired) electrons. The van der Waals surface area contributed by atoms with Gasteiger partial charge in [0.05, 0.1) is 7.11 Å². The Bertz CT molecular complexity index is 816. The van der Waals surface area contributed by atoms with Gasteiger partial charge in [0.15, 0.2) is 0 Å². The van der Waals surface area contributed by atoms with Crippen LogP contribution in [0.4, 0.5) is 4.79 Å². The van der Waals surface area contributed by atoms with Crippen LogP contribution in [0.3, 0.4) is 0 Å². The van der Waals surface area contributed by atoms with Crippen molar-refractivity contribution in [3.63, 3.8) is 0 Å². The Morgan fingerprint density at radius 3 is 2.09 bits per heavy atom. The molecule has 9 nitrogen and oxygen atoms in total. The van der Waals surface area contributed by atoms with Crippen molar-refractivity contribution in [2.24, 2.45) is 0 Å². The van der Waals surface area contributed by atoms with Crippen molar-refractivity contribution in [1.29, 1.82) is 0 Å². The van der Waals surface area contributed by atoms with Gasteiger partial charge >= 0.3 is 12.1 Å². The van der Waals surface area contributed by atoms with Crippen LogP contribution in [0.15, 0.2) is 24.3 Å². The number of hydrogen-bond acceptors (Lipinski definition) is 6. The summed E-state index contributed by atoms with van der Waals surface area (Å²) in [4.78, 5) is 51.5. The number of hydrogen-bond donors (Lipinski definition) is 2. The Morgan fingerprint density at radius 2 is 1.61 bits per heavy atom. The van der Waals surface area contributed by atoms with E-state index in [1.807, 2.05) is 32.9 Å². The molecule has 0 spiro atoms. The Hall–Kier alpha value is -3.10. The zero-order chi connectivity index (χ0) is 25.2. The van der Waals surface area contributed by atoms with Gasteiger partial charge in [-0.1, -0.05) is 38.1 Å². The standard InChI is InChI=1S/C24H37N3O6/c1-8-16(3)27(19(28)14-26-23(31)33-24(4,5)6)21(22(30)25-15-20(29)32-7)18-12-10-17(9-2)11-13-18/h10-13,16,21H,8-9,14-15H2,1-7H3,(H,25,30)(H,26,31). The first-order valence-corrected chi connectivity index (χ1v) is 11.1. The first-order valence-electron chi connectivity index (χ1n) is 11.1. The van der Waals surface area contributed by atoms with Gasteiger partial charge in [-0.25, -0.2) is 4.79 Å². The van der Waals surface area contributed by atoms with Crippen molar-refractivity contribution in [2.45, 2.75) is 72.1 Å². The van der Waals surface area contributed by atoms with Crippen molar-refractivity contribution in [3.05, 3.63) is 35.4 Å². The van der Waals surface area contributed by atoms with Crippen molar-refractivity contribution in [1.82, 2.24) is 15.5 Å². The number of methoxy groups -OCH3 is 1. The van der Waals surface area contributed by atoms with E-state index in [0.717, 1.165) is 12.0 Å². The topological polar surface area (TPSA) is 114 Å². The van der Waals surface area contributed by atoms with Crippen molar-refractivity contribution in [3.8, 4) is 0 Å². The van der Waals surface area contributed by atoms with Gasteiger partial charge in [-0.15, -0.1) is 0 Å². The number of nitrogens with zero attached hydrogens (tertiary/aromatic N) is 1. The molecular formula is C24H37N3O6. The molecule has 0 bridgehead atoms. The summed E-state index contributed by atoms with van der Waals surface area (Å²) in [5.41, 5.74) is 0.974. The molecule has 3 amide bonds. The summed E-state index contributed by atoms with van der Waals surface area (Å²) in [6, 6.07) is 6.07. The smallest absolute Gasteiger partial charge is 0.408 e. The molecule has 1 aromatic carbocycles. The molecule has 1 aromatic rings. The fourth-order valence-electron chi connectivity index (χ4n) is 3.10. The maximum atomic E-state index is 13.2. The molecule has 0 saturated heterocycles. The highest BCUT2D eigenvalue weighted by molar-refractivity contribution is 5.92. The lowest BCUT2D eigenvalue weighted by Gasteiger charge is -2.36. The van der Waals surface area contributed by atoms with Gasteiger partial charge in [0.1, 0.15) is 24.7 Å². The second-order valence-electron chi connectivity index (χ2n) is 8.71. The molecule has 9 heteroatoms. The summed E-state index contributed by atoms with van der Waals surface area (Å²) >= 11 is 0. The molecule has 0 heterocycles. The zero-order valence-corrected chi connectivity index (χ0v) is 20.7. The van der Waals surface area contributed by atoms with Gasteiger partial charge in [0.2, 0.25) is 11.8 Å². The van der Waals surface area contributed by atoms with Gasteiger partial charge in [-0.05, 0) is 51.7 Å². The third kappa shape index (κ3) is 9.11. The first-order chi connectivity index (χ1) is 15.4. The molecule has 2 unspecified atom stereocenters. The summed E-state index contributed by atoms with van der Waals surface area (Å²) in [5.74, 6) is -1.57. The molecule has 0 aliphatic rings. The summed E-state index contributed by atoms with van der Waals surface area (Å²) < 4.78 is 9.80. The minimum atomic E-state index is -0.997. The van der Waals surface area contributed by atoms with Gasteiger partial charge in [0, 0.05) is 6.04 Å². The Kier molecular flexibility index (Phi) is 10.8. The van der Waals surface area contributed by atoms with Crippen LogP contribution in [0.1, 0.15) is 65.1 Å². The number of carbonyl (C=O) groups excluding carboxylic acids is 4. The molecule has 0 saturated carbocycles. The molecule has 2 atom stereocenters. The Morgan fingerprint density at radius 1 is 1.00 bits per heavy atom. The minimum absolute atomic E-state index is 0.322. The largest absolute Gasteiger partial charge is 0.468 e. The van der Waals surface area contributed by atoms with E-state index in [9.17, 15) is 19.2 Å². The third-order valence-corrected chi connectivity index (χ3v) is 5.00. The highest BCUT2D eigenvalue weighted by Gasteiger charge is 2.34. The van der Waals surface area contributed by atoms with Gasteiger partial charge < -0.3 is 25.0 Å². The summed E-state index contributed by atoms with van der Waals surface area (Å²) in [6.45, 7) is 10.3. The van der Waals surface area contributed by atoms with Gasteiger partial charge in [-0.3, -0.25) is 14.4 Å². The molecule has 0 aromatic heterocycles. The van der Waals surface area contributed by atoms with Crippen LogP contribution in [0, 0.1) is 0 Å². The molecule has 0 aliphatic heterocycles. The number of nitrogens with one attached hydrogen (secondary N) is 2. The number of carbonyl (C=O) groups is 4. The van der Waals surface area contributed by atoms with Crippen LogP contribution in [0.5, 0.6) is 0 Å². The fourth-order valence-corrected chi connectivity index (χ4v) is 3.10. The van der Waals surface area contributed by atoms with E-state index >= 15 is 0 Å². The van der Waals surface area contributed by atoms with Gasteiger partial charge in [0.25, 0.3) is 0 Å². The zero-order valence-electron chi connectivity index (χ0n) is 20.7. The van der Waals surface area contributed by atoms with Crippen molar-refractivity contribution < 1.29 is 28.7 Å². The minimum Gasteiger partial charge on any atom is -0.468 e. The number of amides is 3. The molecule has 33 heavy (non-hydrogen) atoms. The van der Waals surface area contributed by atoms with Crippen LogP contribution >= 0.6 is 0 Å². The van der Waals surface area contributed by atoms with E-state index in [1.165, 1.54) is 12.0 Å². The molecule has 184 valence electrons. The number of aryl methyl sites for hydroxylation is 1. The van der Waals surface area contributed by atoms with E-state index in [-0.39, 0.29) is 19.1 Å². The average molecular weight is 464 g/mol. The normalized spacial score (nSPS) is 12.8. The van der Waals surface area contributed by atoms with Crippen LogP contribution in [-0.4, -0.2) is 60.6 Å². The lowest BCUT2D eigenvalue weighted by molar-refractivity contribution is -0.145. The Labute approximate surface area is 196 Å². The number of alkyl carbamates (subject to hydrolysis) is 1. The van der Waals surface area contributed by atoms with E-state index < -0.39 is 35.5 Å². The summed E-state index contributed by atoms with van der Waals surface area (Å²) in [6.07, 6.45) is 0.679. The number of rotatable bonds is 10. The second-order valence-corrected chi connectivity index (χ2v) is 8.71. The highest BCUT2D eigenvalue weighted by atomic mass is 16.6. The molecule has 2 N–H and O–H groups in total. The SMILES string of the molecule is CCc1ccc(C(C(=O)NCC(=O)OC)N(C(=O)CNC(=O)OC(C)(C)C)C(C)CC)cc1. The number of benzene rings is 1. The molecule has 1 rings (SSSR count). The van der Waals surface area contributed by atoms with Crippen LogP contribution in [0.2, 0.25) is 0 Å². The number of ether oxygens (including phenoxy) is 2. The van der Waals surface area contributed by atoms with Crippen LogP contribution in [-0.2, 0) is 30.3 Å². The third-order valence-electron chi connectivity index (χ3n) is 5.00. The van der Waals surface area contributed by atoms with Crippen molar-refractivity contribution in [2.75, 3.05) is 20.2 Å². The van der Waals surface area contributed by atoms with E-state index in [1.54, 1.807) is 32.9 Å². The highest BCUT2D eigenvalue weighted by Crippen LogP contribution is 2.26. The average Bonchev–Trinajstić information content (AvgIpc) is 2.77. The van der Waals surface area contributed by atoms with Gasteiger partial charge in [-0.2, -0.15) is 0 Å². The van der Waals surface area contributed by atoms with Crippen molar-refractivity contribution >= 4 is 23.9 Å². The lowest BCUT2D eigenvalue weighted by Crippen LogP contribution is -2.51. The maximum absolute atomic E-state index is 13.2. The van der Waals surface area contributed by atoms with Crippen LogP contribution < -0.4 is 10.6 Å². The van der Waals surface area contributed by atoms with E-state index in [4.69, 9.17) is 4.74 Å². The predicted octanol–water partition coefficient (Wildman–Crippen LogP) is 2.73. The second kappa shape index (κ2) is 12.8. The molecule has 0 aliphatic carbocycles.